The summed E-state index contributed by atoms with van der Waals surface area (Å²) in [4.78, 5) is 11.9. The fourth-order valence-corrected chi connectivity index (χ4v) is 3.92. The molecule has 6 nitrogen and oxygen atoms in total. The molecule has 0 radical (unpaired) electrons. The van der Waals surface area contributed by atoms with E-state index in [4.69, 9.17) is 9.47 Å². The van der Waals surface area contributed by atoms with Crippen molar-refractivity contribution in [1.29, 1.82) is 0 Å². The van der Waals surface area contributed by atoms with Gasteiger partial charge in [0.25, 0.3) is 0 Å². The van der Waals surface area contributed by atoms with Gasteiger partial charge in [-0.25, -0.2) is 10.2 Å². The number of amides is 2. The van der Waals surface area contributed by atoms with Gasteiger partial charge < -0.3 is 14.8 Å². The van der Waals surface area contributed by atoms with Crippen LogP contribution in [0.1, 0.15) is 12.5 Å². The third kappa shape index (κ3) is 5.59. The standard InChI is InChI=1S/C17H29N3O3Si/c1-5-22-17(24(2,3)4)23-15-12-18-20-16(21)19-14(15)11-13-9-7-6-8-10-13/h6-10,14-15,17-18H,5,11-12H2,1-4H3,(H2,19,20,21)/t14-,15-,17?/m1/s1. The van der Waals surface area contributed by atoms with Crippen LogP contribution in [0, 0.1) is 0 Å². The Balaban J connectivity index is 2.14. The highest BCUT2D eigenvalue weighted by atomic mass is 28.3. The van der Waals surface area contributed by atoms with Gasteiger partial charge in [0, 0.05) is 13.2 Å². The molecular weight excluding hydrogens is 322 g/mol. The van der Waals surface area contributed by atoms with Crippen LogP contribution < -0.4 is 16.2 Å². The first-order valence-electron chi connectivity index (χ1n) is 8.50. The second-order valence-electron chi connectivity index (χ2n) is 7.10. The molecule has 1 saturated heterocycles. The van der Waals surface area contributed by atoms with Gasteiger partial charge >= 0.3 is 6.03 Å². The van der Waals surface area contributed by atoms with Crippen molar-refractivity contribution in [2.24, 2.45) is 0 Å². The molecule has 134 valence electrons. The van der Waals surface area contributed by atoms with Crippen LogP contribution in [-0.2, 0) is 15.9 Å². The number of ether oxygens (including phenoxy) is 2. The topological polar surface area (TPSA) is 71.6 Å². The highest BCUT2D eigenvalue weighted by molar-refractivity contribution is 6.77. The minimum Gasteiger partial charge on any atom is -0.357 e. The number of nitrogens with one attached hydrogen (secondary N) is 3. The zero-order valence-electron chi connectivity index (χ0n) is 15.0. The molecule has 3 atom stereocenters. The number of urea groups is 1. The third-order valence-corrected chi connectivity index (χ3v) is 5.61. The van der Waals surface area contributed by atoms with Gasteiger partial charge in [0.2, 0.25) is 0 Å². The molecular formula is C17H29N3O3Si. The van der Waals surface area contributed by atoms with E-state index >= 15 is 0 Å². The number of hydrazine groups is 1. The van der Waals surface area contributed by atoms with Crippen LogP contribution in [0.25, 0.3) is 0 Å². The van der Waals surface area contributed by atoms with Gasteiger partial charge in [-0.1, -0.05) is 50.0 Å². The Hall–Kier alpha value is -1.41. The maximum absolute atomic E-state index is 11.9. The largest absolute Gasteiger partial charge is 0.357 e. The van der Waals surface area contributed by atoms with Crippen molar-refractivity contribution >= 4 is 14.1 Å². The van der Waals surface area contributed by atoms with Crippen molar-refractivity contribution < 1.29 is 14.3 Å². The molecule has 3 N–H and O–H groups in total. The summed E-state index contributed by atoms with van der Waals surface area (Å²) in [6.07, 6.45) is 0.540. The average molecular weight is 352 g/mol. The zero-order chi connectivity index (χ0) is 17.6. The summed E-state index contributed by atoms with van der Waals surface area (Å²) < 4.78 is 12.2. The molecule has 1 aliphatic heterocycles. The molecule has 1 aliphatic rings. The second-order valence-corrected chi connectivity index (χ2v) is 12.3. The number of carbonyl (C=O) groups is 1. The Morgan fingerprint density at radius 3 is 2.58 bits per heavy atom. The summed E-state index contributed by atoms with van der Waals surface area (Å²) in [6, 6.07) is 9.77. The maximum Gasteiger partial charge on any atom is 0.329 e. The molecule has 1 fully saturated rings. The summed E-state index contributed by atoms with van der Waals surface area (Å²) in [5.41, 5.74) is 6.73. The first-order chi connectivity index (χ1) is 11.4. The number of hydrogen-bond acceptors (Lipinski definition) is 4. The van der Waals surface area contributed by atoms with E-state index in [0.717, 1.165) is 0 Å². The SMILES string of the molecule is CCOC(O[C@@H]1CNNC(=O)N[C@@H]1Cc1ccccc1)[Si](C)(C)C. The van der Waals surface area contributed by atoms with Crippen molar-refractivity contribution in [3.8, 4) is 0 Å². The molecule has 0 bridgehead atoms. The van der Waals surface area contributed by atoms with Crippen LogP contribution >= 0.6 is 0 Å². The van der Waals surface area contributed by atoms with Gasteiger partial charge in [-0.2, -0.15) is 0 Å². The summed E-state index contributed by atoms with van der Waals surface area (Å²) in [7, 11) is -1.65. The molecule has 0 aromatic heterocycles. The molecule has 1 aromatic carbocycles. The minimum atomic E-state index is -1.65. The van der Waals surface area contributed by atoms with Crippen molar-refractivity contribution in [3.63, 3.8) is 0 Å². The number of hydrogen-bond donors (Lipinski definition) is 3. The molecule has 7 heteroatoms. The zero-order valence-corrected chi connectivity index (χ0v) is 16.0. The average Bonchev–Trinajstić information content (AvgIpc) is 2.68. The highest BCUT2D eigenvalue weighted by Gasteiger charge is 2.35. The summed E-state index contributed by atoms with van der Waals surface area (Å²) >= 11 is 0. The van der Waals surface area contributed by atoms with Gasteiger partial charge in [0.1, 0.15) is 14.0 Å². The summed E-state index contributed by atoms with van der Waals surface area (Å²) in [6.45, 7) is 9.79. The third-order valence-electron chi connectivity index (χ3n) is 3.89. The van der Waals surface area contributed by atoms with E-state index in [1.54, 1.807) is 0 Å². The smallest absolute Gasteiger partial charge is 0.329 e. The quantitative estimate of drug-likeness (QED) is 0.519. The van der Waals surface area contributed by atoms with E-state index in [1.165, 1.54) is 5.56 Å². The van der Waals surface area contributed by atoms with Crippen molar-refractivity contribution in [2.75, 3.05) is 13.2 Å². The summed E-state index contributed by atoms with van der Waals surface area (Å²) in [5, 5.41) is 3.00. The van der Waals surface area contributed by atoms with Gasteiger partial charge in [-0.15, -0.1) is 0 Å². The summed E-state index contributed by atoms with van der Waals surface area (Å²) in [5.74, 6) is -0.206. The molecule has 2 rings (SSSR count). The van der Waals surface area contributed by atoms with E-state index in [9.17, 15) is 4.79 Å². The Kier molecular flexibility index (Phi) is 6.79. The van der Waals surface area contributed by atoms with Crippen LogP contribution in [0.2, 0.25) is 19.6 Å². The van der Waals surface area contributed by atoms with Crippen LogP contribution in [0.5, 0.6) is 0 Å². The van der Waals surface area contributed by atoms with Crippen LogP contribution in [0.15, 0.2) is 30.3 Å². The van der Waals surface area contributed by atoms with E-state index < -0.39 is 8.07 Å². The van der Waals surface area contributed by atoms with E-state index in [1.807, 2.05) is 25.1 Å². The van der Waals surface area contributed by atoms with Gasteiger partial charge in [0.05, 0.1) is 12.1 Å². The Morgan fingerprint density at radius 1 is 1.25 bits per heavy atom. The number of carbonyl (C=O) groups excluding carboxylic acids is 1. The van der Waals surface area contributed by atoms with Gasteiger partial charge in [-0.05, 0) is 18.9 Å². The Morgan fingerprint density at radius 2 is 1.96 bits per heavy atom. The van der Waals surface area contributed by atoms with E-state index in [2.05, 4.69) is 47.9 Å². The Labute approximate surface area is 145 Å². The normalized spacial score (nSPS) is 23.1. The first kappa shape index (κ1) is 18.9. The van der Waals surface area contributed by atoms with Crippen molar-refractivity contribution in [2.45, 2.75) is 51.0 Å². The molecule has 2 amide bonds. The fourth-order valence-electron chi connectivity index (χ4n) is 2.67. The van der Waals surface area contributed by atoms with Crippen molar-refractivity contribution in [1.82, 2.24) is 16.2 Å². The second kappa shape index (κ2) is 8.62. The minimum absolute atomic E-state index is 0.123. The molecule has 1 heterocycles. The molecule has 24 heavy (non-hydrogen) atoms. The lowest BCUT2D eigenvalue weighted by atomic mass is 10.0. The molecule has 0 aliphatic carbocycles. The predicted molar refractivity (Wildman–Crippen MR) is 97.2 cm³/mol. The molecule has 0 spiro atoms. The number of rotatable bonds is 7. The van der Waals surface area contributed by atoms with E-state index in [-0.39, 0.29) is 24.1 Å². The van der Waals surface area contributed by atoms with Crippen molar-refractivity contribution in [3.05, 3.63) is 35.9 Å². The molecule has 1 unspecified atom stereocenters. The van der Waals surface area contributed by atoms with Gasteiger partial charge in [-0.3, -0.25) is 5.43 Å². The highest BCUT2D eigenvalue weighted by Crippen LogP contribution is 2.18. The molecule has 1 aromatic rings. The lowest BCUT2D eigenvalue weighted by molar-refractivity contribution is -0.130. The molecule has 0 saturated carbocycles. The lowest BCUT2D eigenvalue weighted by Crippen LogP contribution is -2.52. The Bertz CT molecular complexity index is 522. The van der Waals surface area contributed by atoms with Crippen LogP contribution in [0.4, 0.5) is 4.79 Å². The first-order valence-corrected chi connectivity index (χ1v) is 12.1. The lowest BCUT2D eigenvalue weighted by Gasteiger charge is -2.34. The van der Waals surface area contributed by atoms with Crippen LogP contribution in [0.3, 0.4) is 0 Å². The fraction of sp³-hybridized carbons (Fsp3) is 0.588. The number of benzene rings is 1. The van der Waals surface area contributed by atoms with E-state index in [0.29, 0.717) is 19.6 Å². The predicted octanol–water partition coefficient (Wildman–Crippen LogP) is 2.04. The monoisotopic (exact) mass is 351 g/mol. The van der Waals surface area contributed by atoms with Gasteiger partial charge in [0.15, 0.2) is 0 Å². The maximum atomic E-state index is 11.9. The van der Waals surface area contributed by atoms with Crippen LogP contribution in [-0.4, -0.2) is 45.3 Å².